The molecule has 0 aromatic carbocycles. The number of halogens is 2. The highest BCUT2D eigenvalue weighted by Gasteiger charge is 2.11. The molecule has 2 aromatic heterocycles. The maximum absolute atomic E-state index is 11.7. The van der Waals surface area contributed by atoms with Crippen molar-refractivity contribution in [2.75, 3.05) is 0 Å². The molecule has 1 amide bonds. The Hall–Kier alpha value is -0.660. The minimum Gasteiger partial charge on any atom is -0.347 e. The molecular weight excluding hydrogens is 358 g/mol. The number of rotatable bonds is 3. The Morgan fingerprint density at radius 1 is 1.56 bits per heavy atom. The largest absolute Gasteiger partial charge is 0.347 e. The molecule has 0 saturated carbocycles. The first-order chi connectivity index (χ1) is 7.66. The van der Waals surface area contributed by atoms with Crippen LogP contribution in [-0.2, 0) is 6.54 Å². The molecule has 0 bridgehead atoms. The van der Waals surface area contributed by atoms with Gasteiger partial charge in [0.05, 0.1) is 27.2 Å². The molecule has 84 valence electrons. The van der Waals surface area contributed by atoms with Gasteiger partial charge < -0.3 is 10.3 Å². The second-order valence-electron chi connectivity index (χ2n) is 2.99. The standard InChI is InChI=1S/C9H7Br2N3OS/c10-6-1-7(16-8(6)11)9(15)13-3-5-2-12-4-14-5/h1-2,4H,3H2,(H,12,14)(H,13,15). The number of aromatic nitrogens is 2. The molecule has 0 aliphatic heterocycles. The van der Waals surface area contributed by atoms with Crippen LogP contribution in [0.1, 0.15) is 15.4 Å². The number of carbonyl (C=O) groups excluding carboxylic acids is 1. The Kier molecular flexibility index (Phi) is 3.78. The molecule has 0 aliphatic rings. The van der Waals surface area contributed by atoms with Crippen molar-refractivity contribution >= 4 is 49.1 Å². The Morgan fingerprint density at radius 3 is 2.94 bits per heavy atom. The predicted molar refractivity (Wildman–Crippen MR) is 69.5 cm³/mol. The van der Waals surface area contributed by atoms with Crippen molar-refractivity contribution in [2.24, 2.45) is 0 Å². The minimum atomic E-state index is -0.0917. The predicted octanol–water partition coefficient (Wildman–Crippen LogP) is 2.93. The lowest BCUT2D eigenvalue weighted by molar-refractivity contribution is 0.0954. The quantitative estimate of drug-likeness (QED) is 0.879. The minimum absolute atomic E-state index is 0.0917. The number of carbonyl (C=O) groups is 1. The third-order valence-electron chi connectivity index (χ3n) is 1.86. The Morgan fingerprint density at radius 2 is 2.38 bits per heavy atom. The molecule has 0 saturated heterocycles. The molecule has 0 spiro atoms. The molecule has 0 fully saturated rings. The van der Waals surface area contributed by atoms with Crippen LogP contribution < -0.4 is 5.32 Å². The van der Waals surface area contributed by atoms with Crippen molar-refractivity contribution in [2.45, 2.75) is 6.54 Å². The molecule has 0 unspecified atom stereocenters. The molecule has 2 aromatic rings. The summed E-state index contributed by atoms with van der Waals surface area (Å²) in [6.07, 6.45) is 3.26. The van der Waals surface area contributed by atoms with E-state index in [0.717, 1.165) is 14.0 Å². The van der Waals surface area contributed by atoms with Crippen LogP contribution in [0.5, 0.6) is 0 Å². The summed E-state index contributed by atoms with van der Waals surface area (Å²) in [5, 5.41) is 2.80. The van der Waals surface area contributed by atoms with E-state index in [4.69, 9.17) is 0 Å². The fourth-order valence-corrected chi connectivity index (χ4v) is 3.05. The van der Waals surface area contributed by atoms with Crippen LogP contribution in [0.4, 0.5) is 0 Å². The fourth-order valence-electron chi connectivity index (χ4n) is 1.10. The lowest BCUT2D eigenvalue weighted by Gasteiger charge is -2.00. The molecule has 16 heavy (non-hydrogen) atoms. The smallest absolute Gasteiger partial charge is 0.261 e. The topological polar surface area (TPSA) is 57.8 Å². The van der Waals surface area contributed by atoms with Crippen molar-refractivity contribution in [1.29, 1.82) is 0 Å². The van der Waals surface area contributed by atoms with E-state index in [0.29, 0.717) is 11.4 Å². The van der Waals surface area contributed by atoms with Crippen LogP contribution in [0.15, 0.2) is 26.8 Å². The van der Waals surface area contributed by atoms with Crippen LogP contribution in [0, 0.1) is 0 Å². The Balaban J connectivity index is 1.98. The number of nitrogens with zero attached hydrogens (tertiary/aromatic N) is 1. The van der Waals surface area contributed by atoms with E-state index >= 15 is 0 Å². The lowest BCUT2D eigenvalue weighted by atomic mass is 10.4. The van der Waals surface area contributed by atoms with Crippen LogP contribution in [0.2, 0.25) is 0 Å². The zero-order valence-corrected chi connectivity index (χ0v) is 11.9. The molecular formula is C9H7Br2N3OS. The number of H-pyrrole nitrogens is 1. The summed E-state index contributed by atoms with van der Waals surface area (Å²) in [5.41, 5.74) is 0.878. The molecule has 2 rings (SSSR count). The first-order valence-corrected chi connectivity index (χ1v) is 6.77. The number of imidazole rings is 1. The maximum atomic E-state index is 11.7. The van der Waals surface area contributed by atoms with E-state index in [2.05, 4.69) is 47.1 Å². The number of thiophene rings is 1. The molecule has 2 N–H and O–H groups in total. The maximum Gasteiger partial charge on any atom is 0.261 e. The summed E-state index contributed by atoms with van der Waals surface area (Å²) >= 11 is 8.08. The van der Waals surface area contributed by atoms with Crippen molar-refractivity contribution in [3.8, 4) is 0 Å². The van der Waals surface area contributed by atoms with Crippen molar-refractivity contribution in [1.82, 2.24) is 15.3 Å². The van der Waals surface area contributed by atoms with Crippen LogP contribution in [-0.4, -0.2) is 15.9 Å². The summed E-state index contributed by atoms with van der Waals surface area (Å²) in [5.74, 6) is -0.0917. The zero-order chi connectivity index (χ0) is 11.5. The van der Waals surface area contributed by atoms with Gasteiger partial charge in [0.25, 0.3) is 5.91 Å². The molecule has 0 radical (unpaired) electrons. The highest BCUT2D eigenvalue weighted by atomic mass is 79.9. The third-order valence-corrected chi connectivity index (χ3v) is 5.12. The SMILES string of the molecule is O=C(NCc1cnc[nH]1)c1cc(Br)c(Br)s1. The van der Waals surface area contributed by atoms with E-state index in [1.165, 1.54) is 11.3 Å². The van der Waals surface area contributed by atoms with Crippen LogP contribution in [0.25, 0.3) is 0 Å². The average Bonchev–Trinajstić information content (AvgIpc) is 2.86. The third kappa shape index (κ3) is 2.72. The second kappa shape index (κ2) is 5.11. The van der Waals surface area contributed by atoms with Crippen LogP contribution >= 0.6 is 43.2 Å². The molecule has 7 heteroatoms. The van der Waals surface area contributed by atoms with E-state index in [1.54, 1.807) is 18.6 Å². The fraction of sp³-hybridized carbons (Fsp3) is 0.111. The first-order valence-electron chi connectivity index (χ1n) is 4.37. The summed E-state index contributed by atoms with van der Waals surface area (Å²) in [7, 11) is 0. The number of amides is 1. The van der Waals surface area contributed by atoms with Gasteiger partial charge in [-0.2, -0.15) is 0 Å². The van der Waals surface area contributed by atoms with Gasteiger partial charge in [-0.05, 0) is 37.9 Å². The summed E-state index contributed by atoms with van der Waals surface area (Å²) in [6, 6.07) is 1.79. The van der Waals surface area contributed by atoms with Gasteiger partial charge in [-0.3, -0.25) is 4.79 Å². The van der Waals surface area contributed by atoms with E-state index < -0.39 is 0 Å². The highest BCUT2D eigenvalue weighted by molar-refractivity contribution is 9.13. The van der Waals surface area contributed by atoms with E-state index in [9.17, 15) is 4.79 Å². The lowest BCUT2D eigenvalue weighted by Crippen LogP contribution is -2.21. The zero-order valence-electron chi connectivity index (χ0n) is 7.96. The van der Waals surface area contributed by atoms with Crippen molar-refractivity contribution in [3.05, 3.63) is 37.4 Å². The number of aromatic amines is 1. The average molecular weight is 365 g/mol. The van der Waals surface area contributed by atoms with Crippen molar-refractivity contribution < 1.29 is 4.79 Å². The van der Waals surface area contributed by atoms with Gasteiger partial charge in [-0.15, -0.1) is 11.3 Å². The van der Waals surface area contributed by atoms with Gasteiger partial charge in [0.2, 0.25) is 0 Å². The van der Waals surface area contributed by atoms with Gasteiger partial charge in [-0.25, -0.2) is 4.98 Å². The van der Waals surface area contributed by atoms with Gasteiger partial charge in [-0.1, -0.05) is 0 Å². The number of hydrogen-bond acceptors (Lipinski definition) is 3. The Labute approximate surface area is 113 Å². The molecule has 2 heterocycles. The second-order valence-corrected chi connectivity index (χ2v) is 6.22. The summed E-state index contributed by atoms with van der Waals surface area (Å²) in [6.45, 7) is 0.450. The van der Waals surface area contributed by atoms with E-state index in [-0.39, 0.29) is 5.91 Å². The number of nitrogens with one attached hydrogen (secondary N) is 2. The normalized spacial score (nSPS) is 10.4. The van der Waals surface area contributed by atoms with Gasteiger partial charge in [0.15, 0.2) is 0 Å². The number of hydrogen-bond donors (Lipinski definition) is 2. The molecule has 0 aliphatic carbocycles. The monoisotopic (exact) mass is 363 g/mol. The molecule has 4 nitrogen and oxygen atoms in total. The van der Waals surface area contributed by atoms with Crippen molar-refractivity contribution in [3.63, 3.8) is 0 Å². The Bertz CT molecular complexity index is 475. The van der Waals surface area contributed by atoms with Crippen LogP contribution in [0.3, 0.4) is 0 Å². The summed E-state index contributed by atoms with van der Waals surface area (Å²) < 4.78 is 1.81. The highest BCUT2D eigenvalue weighted by Crippen LogP contribution is 2.32. The molecule has 0 atom stereocenters. The summed E-state index contributed by atoms with van der Waals surface area (Å²) in [4.78, 5) is 19.2. The van der Waals surface area contributed by atoms with Gasteiger partial charge in [0, 0.05) is 10.7 Å². The van der Waals surface area contributed by atoms with Gasteiger partial charge in [0.1, 0.15) is 0 Å². The van der Waals surface area contributed by atoms with E-state index in [1.807, 2.05) is 0 Å². The van der Waals surface area contributed by atoms with Gasteiger partial charge >= 0.3 is 0 Å². The first kappa shape index (κ1) is 11.8.